The monoisotopic (exact) mass is 293 g/mol. The number of methoxy groups -OCH3 is 1. The molecule has 0 amide bonds. The molecule has 1 fully saturated rings. The second-order valence-corrected chi connectivity index (χ2v) is 5.88. The summed E-state index contributed by atoms with van der Waals surface area (Å²) in [5, 5.41) is 10.0. The van der Waals surface area contributed by atoms with Gasteiger partial charge in [0.15, 0.2) is 0 Å². The van der Waals surface area contributed by atoms with Crippen LogP contribution in [0.4, 0.5) is 5.69 Å². The maximum absolute atomic E-state index is 10.0. The molecular formula is C16H27N3O2. The van der Waals surface area contributed by atoms with Crippen LogP contribution in [0.2, 0.25) is 0 Å². The van der Waals surface area contributed by atoms with Crippen molar-refractivity contribution in [2.75, 3.05) is 65.4 Å². The number of hydrogen-bond acceptors (Lipinski definition) is 5. The number of hydrogen-bond donors (Lipinski definition) is 1. The van der Waals surface area contributed by atoms with Gasteiger partial charge >= 0.3 is 0 Å². The van der Waals surface area contributed by atoms with Gasteiger partial charge < -0.3 is 19.6 Å². The molecule has 0 bridgehead atoms. The van der Waals surface area contributed by atoms with Crippen LogP contribution in [-0.2, 0) is 0 Å². The average molecular weight is 293 g/mol. The van der Waals surface area contributed by atoms with Crippen molar-refractivity contribution in [1.82, 2.24) is 9.80 Å². The van der Waals surface area contributed by atoms with Crippen LogP contribution in [0.15, 0.2) is 24.3 Å². The van der Waals surface area contributed by atoms with E-state index in [4.69, 9.17) is 4.74 Å². The van der Waals surface area contributed by atoms with E-state index in [2.05, 4.69) is 15.9 Å². The van der Waals surface area contributed by atoms with E-state index in [-0.39, 0.29) is 6.10 Å². The van der Waals surface area contributed by atoms with Gasteiger partial charge in [-0.25, -0.2) is 0 Å². The van der Waals surface area contributed by atoms with Crippen LogP contribution >= 0.6 is 0 Å². The lowest BCUT2D eigenvalue weighted by Crippen LogP contribution is -2.49. The van der Waals surface area contributed by atoms with Crippen LogP contribution in [0, 0.1) is 0 Å². The molecule has 2 rings (SSSR count). The molecule has 1 aromatic rings. The number of aliphatic hydroxyl groups excluding tert-OH is 1. The van der Waals surface area contributed by atoms with E-state index < -0.39 is 0 Å². The van der Waals surface area contributed by atoms with E-state index in [9.17, 15) is 5.11 Å². The lowest BCUT2D eigenvalue weighted by Gasteiger charge is -2.37. The van der Waals surface area contributed by atoms with Crippen molar-refractivity contribution in [2.24, 2.45) is 0 Å². The molecule has 0 aromatic heterocycles. The van der Waals surface area contributed by atoms with Crippen LogP contribution < -0.4 is 9.64 Å². The highest BCUT2D eigenvalue weighted by Crippen LogP contribution is 2.28. The Hall–Kier alpha value is -1.30. The molecule has 118 valence electrons. The molecular weight excluding hydrogens is 266 g/mol. The van der Waals surface area contributed by atoms with Gasteiger partial charge in [-0.2, -0.15) is 0 Å². The lowest BCUT2D eigenvalue weighted by atomic mass is 10.2. The molecule has 1 heterocycles. The van der Waals surface area contributed by atoms with Crippen molar-refractivity contribution in [3.05, 3.63) is 24.3 Å². The Morgan fingerprint density at radius 3 is 2.48 bits per heavy atom. The number of aliphatic hydroxyl groups is 1. The largest absolute Gasteiger partial charge is 0.495 e. The Morgan fingerprint density at radius 1 is 1.19 bits per heavy atom. The first-order valence-corrected chi connectivity index (χ1v) is 7.53. The number of piperazine rings is 1. The molecule has 0 aliphatic carbocycles. The number of nitrogens with zero attached hydrogens (tertiary/aromatic N) is 3. The Kier molecular flexibility index (Phi) is 5.85. The van der Waals surface area contributed by atoms with Gasteiger partial charge in [0, 0.05) is 39.3 Å². The Labute approximate surface area is 127 Å². The maximum atomic E-state index is 10.0. The van der Waals surface area contributed by atoms with Gasteiger partial charge in [-0.3, -0.25) is 4.90 Å². The van der Waals surface area contributed by atoms with Crippen LogP contribution in [-0.4, -0.2) is 81.5 Å². The molecule has 1 aliphatic rings. The van der Waals surface area contributed by atoms with Gasteiger partial charge in [-0.15, -0.1) is 0 Å². The molecule has 0 radical (unpaired) electrons. The van der Waals surface area contributed by atoms with E-state index in [1.165, 1.54) is 0 Å². The van der Waals surface area contributed by atoms with E-state index in [1.54, 1.807) is 7.11 Å². The molecule has 1 saturated heterocycles. The number of likely N-dealkylation sites (N-methyl/N-ethyl adjacent to an activating group) is 1. The summed E-state index contributed by atoms with van der Waals surface area (Å²) in [6.07, 6.45) is -0.280. The van der Waals surface area contributed by atoms with Crippen LogP contribution in [0.1, 0.15) is 0 Å². The first kappa shape index (κ1) is 16.1. The lowest BCUT2D eigenvalue weighted by molar-refractivity contribution is 0.0860. The molecule has 5 nitrogen and oxygen atoms in total. The van der Waals surface area contributed by atoms with Crippen molar-refractivity contribution in [1.29, 1.82) is 0 Å². The van der Waals surface area contributed by atoms with Gasteiger partial charge in [0.25, 0.3) is 0 Å². The Bertz CT molecular complexity index is 431. The third kappa shape index (κ3) is 4.59. The minimum absolute atomic E-state index is 0.280. The van der Waals surface area contributed by atoms with Gasteiger partial charge in [0.1, 0.15) is 5.75 Å². The maximum Gasteiger partial charge on any atom is 0.142 e. The number of benzene rings is 1. The molecule has 5 heteroatoms. The van der Waals surface area contributed by atoms with E-state index in [0.717, 1.165) is 44.2 Å². The predicted octanol–water partition coefficient (Wildman–Crippen LogP) is 0.740. The Morgan fingerprint density at radius 2 is 1.86 bits per heavy atom. The molecule has 1 N–H and O–H groups in total. The summed E-state index contributed by atoms with van der Waals surface area (Å²) in [5.74, 6) is 0.929. The SMILES string of the molecule is COc1ccccc1N1CCN(CC(O)CN(C)C)CC1. The fraction of sp³-hybridized carbons (Fsp3) is 0.625. The highest BCUT2D eigenvalue weighted by molar-refractivity contribution is 5.58. The third-order valence-electron chi connectivity index (χ3n) is 3.84. The minimum Gasteiger partial charge on any atom is -0.495 e. The van der Waals surface area contributed by atoms with E-state index in [0.29, 0.717) is 6.54 Å². The molecule has 21 heavy (non-hydrogen) atoms. The van der Waals surface area contributed by atoms with Crippen LogP contribution in [0.5, 0.6) is 5.75 Å². The zero-order valence-electron chi connectivity index (χ0n) is 13.3. The molecule has 1 unspecified atom stereocenters. The molecule has 0 spiro atoms. The smallest absolute Gasteiger partial charge is 0.142 e. The number of ether oxygens (including phenoxy) is 1. The summed E-state index contributed by atoms with van der Waals surface area (Å²) in [6.45, 7) is 5.35. The fourth-order valence-corrected chi connectivity index (χ4v) is 2.84. The summed E-state index contributed by atoms with van der Waals surface area (Å²) in [4.78, 5) is 6.71. The highest BCUT2D eigenvalue weighted by atomic mass is 16.5. The standard InChI is InChI=1S/C16H27N3O2/c1-17(2)12-14(20)13-18-8-10-19(11-9-18)15-6-4-5-7-16(15)21-3/h4-7,14,20H,8-13H2,1-3H3. The van der Waals surface area contributed by atoms with Gasteiger partial charge in [-0.1, -0.05) is 12.1 Å². The number of rotatable bonds is 6. The van der Waals surface area contributed by atoms with Crippen LogP contribution in [0.3, 0.4) is 0 Å². The van der Waals surface area contributed by atoms with Crippen LogP contribution in [0.25, 0.3) is 0 Å². The first-order chi connectivity index (χ1) is 10.1. The number of para-hydroxylation sites is 2. The predicted molar refractivity (Wildman–Crippen MR) is 86.2 cm³/mol. The van der Waals surface area contributed by atoms with E-state index >= 15 is 0 Å². The van der Waals surface area contributed by atoms with Gasteiger partial charge in [0.05, 0.1) is 18.9 Å². The summed E-state index contributed by atoms with van der Waals surface area (Å²) >= 11 is 0. The highest BCUT2D eigenvalue weighted by Gasteiger charge is 2.21. The van der Waals surface area contributed by atoms with Crippen molar-refractivity contribution in [2.45, 2.75) is 6.10 Å². The molecule has 1 atom stereocenters. The van der Waals surface area contributed by atoms with Gasteiger partial charge in [-0.05, 0) is 26.2 Å². The zero-order chi connectivity index (χ0) is 15.2. The Balaban J connectivity index is 1.85. The first-order valence-electron chi connectivity index (χ1n) is 7.53. The summed E-state index contributed by atoms with van der Waals surface area (Å²) in [6, 6.07) is 8.15. The van der Waals surface area contributed by atoms with E-state index in [1.807, 2.05) is 37.2 Å². The summed E-state index contributed by atoms with van der Waals surface area (Å²) in [5.41, 5.74) is 1.16. The quantitative estimate of drug-likeness (QED) is 0.837. The normalized spacial score (nSPS) is 18.0. The molecule has 0 saturated carbocycles. The fourth-order valence-electron chi connectivity index (χ4n) is 2.84. The third-order valence-corrected chi connectivity index (χ3v) is 3.84. The molecule has 1 aromatic carbocycles. The second kappa shape index (κ2) is 7.64. The average Bonchev–Trinajstić information content (AvgIpc) is 2.47. The van der Waals surface area contributed by atoms with Crippen molar-refractivity contribution < 1.29 is 9.84 Å². The second-order valence-electron chi connectivity index (χ2n) is 5.88. The summed E-state index contributed by atoms with van der Waals surface area (Å²) < 4.78 is 5.43. The van der Waals surface area contributed by atoms with Gasteiger partial charge in [0.2, 0.25) is 0 Å². The summed E-state index contributed by atoms with van der Waals surface area (Å²) in [7, 11) is 5.69. The van der Waals surface area contributed by atoms with Crippen molar-refractivity contribution >= 4 is 5.69 Å². The number of anilines is 1. The topological polar surface area (TPSA) is 39.2 Å². The number of β-amino-alcohol motifs (C(OH)–C–C–N with tert-alkyl or cyclic N) is 1. The molecule has 1 aliphatic heterocycles. The zero-order valence-corrected chi connectivity index (χ0v) is 13.3. The van der Waals surface area contributed by atoms with Crippen molar-refractivity contribution in [3.63, 3.8) is 0 Å². The van der Waals surface area contributed by atoms with Crippen molar-refractivity contribution in [3.8, 4) is 5.75 Å². The minimum atomic E-state index is -0.280.